The Morgan fingerprint density at radius 1 is 0.919 bits per heavy atom. The highest BCUT2D eigenvalue weighted by Gasteiger charge is 2.36. The number of nitrogens with zero attached hydrogens (tertiary/aromatic N) is 3. The van der Waals surface area contributed by atoms with Gasteiger partial charge in [-0.05, 0) is 60.2 Å². The minimum absolute atomic E-state index is 0.0649. The molecule has 1 aliphatic heterocycles. The summed E-state index contributed by atoms with van der Waals surface area (Å²) >= 11 is 0. The number of ether oxygens (including phenoxy) is 1. The Morgan fingerprint density at radius 3 is 2.35 bits per heavy atom. The monoisotopic (exact) mass is 493 g/mol. The molecular formula is C29H23N3O5. The number of aromatic hydroxyl groups is 1. The normalized spacial score (nSPS) is 12.4. The number of aromatic nitrogens is 1. The van der Waals surface area contributed by atoms with Crippen molar-refractivity contribution in [3.8, 4) is 11.5 Å². The third-order valence-electron chi connectivity index (χ3n) is 6.18. The smallest absolute Gasteiger partial charge is 0.261 e. The molecular weight excluding hydrogens is 470 g/mol. The molecule has 2 heterocycles. The molecule has 0 saturated heterocycles. The summed E-state index contributed by atoms with van der Waals surface area (Å²) < 4.78 is 5.16. The molecule has 37 heavy (non-hydrogen) atoms. The van der Waals surface area contributed by atoms with Crippen LogP contribution in [0.2, 0.25) is 0 Å². The number of para-hydroxylation sites is 2. The van der Waals surface area contributed by atoms with Crippen LogP contribution < -0.4 is 9.64 Å². The fraction of sp³-hybridized carbons (Fsp3) is 0.103. The number of amides is 3. The van der Waals surface area contributed by atoms with Crippen molar-refractivity contribution in [1.29, 1.82) is 0 Å². The lowest BCUT2D eigenvalue weighted by Crippen LogP contribution is -2.31. The van der Waals surface area contributed by atoms with Gasteiger partial charge >= 0.3 is 0 Å². The molecule has 5 rings (SSSR count). The van der Waals surface area contributed by atoms with Gasteiger partial charge in [0.2, 0.25) is 0 Å². The van der Waals surface area contributed by atoms with E-state index in [1.54, 1.807) is 67.9 Å². The van der Waals surface area contributed by atoms with E-state index < -0.39 is 17.7 Å². The van der Waals surface area contributed by atoms with E-state index in [0.717, 1.165) is 10.5 Å². The second kappa shape index (κ2) is 9.94. The summed E-state index contributed by atoms with van der Waals surface area (Å²) in [7, 11) is 1.56. The Balaban J connectivity index is 1.45. The highest BCUT2D eigenvalue weighted by atomic mass is 16.5. The number of anilines is 1. The maximum absolute atomic E-state index is 13.7. The molecule has 8 nitrogen and oxygen atoms in total. The van der Waals surface area contributed by atoms with E-state index >= 15 is 0 Å². The highest BCUT2D eigenvalue weighted by molar-refractivity contribution is 6.22. The van der Waals surface area contributed by atoms with Gasteiger partial charge in [-0.1, -0.05) is 30.3 Å². The van der Waals surface area contributed by atoms with E-state index in [4.69, 9.17) is 4.74 Å². The Labute approximate surface area is 213 Å². The second-order valence-electron chi connectivity index (χ2n) is 8.51. The van der Waals surface area contributed by atoms with Crippen LogP contribution in [0.5, 0.6) is 11.5 Å². The zero-order valence-electron chi connectivity index (χ0n) is 20.0. The van der Waals surface area contributed by atoms with E-state index in [-0.39, 0.29) is 35.5 Å². The number of hydrogen-bond acceptors (Lipinski definition) is 6. The Morgan fingerprint density at radius 2 is 1.65 bits per heavy atom. The van der Waals surface area contributed by atoms with Crippen molar-refractivity contribution in [3.05, 3.63) is 119 Å². The molecule has 3 aromatic carbocycles. The Kier molecular flexibility index (Phi) is 6.38. The first-order chi connectivity index (χ1) is 18.0. The van der Waals surface area contributed by atoms with Crippen LogP contribution in [0.3, 0.4) is 0 Å². The number of imide groups is 1. The molecule has 0 unspecified atom stereocenters. The zero-order valence-corrected chi connectivity index (χ0v) is 20.0. The third kappa shape index (κ3) is 4.64. The fourth-order valence-electron chi connectivity index (χ4n) is 4.25. The molecule has 0 fully saturated rings. The van der Waals surface area contributed by atoms with Gasteiger partial charge in [0, 0.05) is 11.8 Å². The minimum atomic E-state index is -0.468. The van der Waals surface area contributed by atoms with Crippen molar-refractivity contribution in [2.75, 3.05) is 12.0 Å². The van der Waals surface area contributed by atoms with Gasteiger partial charge in [-0.3, -0.25) is 29.2 Å². The number of hydrogen-bond donors (Lipinski definition) is 1. The van der Waals surface area contributed by atoms with Crippen molar-refractivity contribution in [2.24, 2.45) is 0 Å². The fourth-order valence-corrected chi connectivity index (χ4v) is 4.25. The summed E-state index contributed by atoms with van der Waals surface area (Å²) in [5, 5.41) is 10.5. The van der Waals surface area contributed by atoms with Gasteiger partial charge in [-0.15, -0.1) is 0 Å². The van der Waals surface area contributed by atoms with Gasteiger partial charge in [-0.25, -0.2) is 0 Å². The first-order valence-corrected chi connectivity index (χ1v) is 11.6. The third-order valence-corrected chi connectivity index (χ3v) is 6.18. The van der Waals surface area contributed by atoms with Crippen LogP contribution in [0.1, 0.15) is 42.3 Å². The number of benzene rings is 3. The molecule has 1 N–H and O–H groups in total. The molecule has 1 aromatic heterocycles. The Bertz CT molecular complexity index is 1490. The lowest BCUT2D eigenvalue weighted by molar-refractivity contribution is 0.0642. The largest absolute Gasteiger partial charge is 0.506 e. The van der Waals surface area contributed by atoms with Gasteiger partial charge in [0.15, 0.2) is 0 Å². The van der Waals surface area contributed by atoms with Crippen molar-refractivity contribution < 1.29 is 24.2 Å². The van der Waals surface area contributed by atoms with Gasteiger partial charge in [0.1, 0.15) is 11.5 Å². The molecule has 0 spiro atoms. The number of fused-ring (bicyclic) bond motifs is 1. The molecule has 0 radical (unpaired) electrons. The van der Waals surface area contributed by atoms with E-state index in [9.17, 15) is 19.5 Å². The number of phenolic OH excluding ortho intramolecular Hbond substituents is 1. The summed E-state index contributed by atoms with van der Waals surface area (Å²) in [5.41, 5.74) is 2.32. The van der Waals surface area contributed by atoms with Crippen molar-refractivity contribution in [2.45, 2.75) is 13.1 Å². The van der Waals surface area contributed by atoms with Crippen LogP contribution >= 0.6 is 0 Å². The molecule has 3 amide bonds. The van der Waals surface area contributed by atoms with Crippen LogP contribution in [0, 0.1) is 0 Å². The predicted molar refractivity (Wildman–Crippen MR) is 136 cm³/mol. The quantitative estimate of drug-likeness (QED) is 0.382. The second-order valence-corrected chi connectivity index (χ2v) is 8.51. The Hall–Kier alpha value is -4.98. The molecule has 184 valence electrons. The zero-order chi connectivity index (χ0) is 25.9. The van der Waals surface area contributed by atoms with E-state index in [0.29, 0.717) is 17.1 Å². The summed E-state index contributed by atoms with van der Waals surface area (Å²) in [4.78, 5) is 46.8. The lowest BCUT2D eigenvalue weighted by Gasteiger charge is -2.23. The number of rotatable bonds is 7. The van der Waals surface area contributed by atoms with Crippen LogP contribution in [-0.2, 0) is 13.1 Å². The molecule has 8 heteroatoms. The number of phenols is 1. The standard InChI is InChI=1S/C29H23N3O5/c1-37-22-12-9-19(10-13-22)17-32-28(35)23-14-11-20(16-24(23)29(32)36)27(34)31(18-21-6-4-5-15-30-21)25-7-2-3-8-26(25)33/h2-16,33H,17-18H2,1H3. The molecule has 0 bridgehead atoms. The predicted octanol–water partition coefficient (Wildman–Crippen LogP) is 4.44. The van der Waals surface area contributed by atoms with Crippen molar-refractivity contribution in [3.63, 3.8) is 0 Å². The van der Waals surface area contributed by atoms with Crippen LogP contribution in [0.25, 0.3) is 0 Å². The summed E-state index contributed by atoms with van der Waals surface area (Å²) in [6, 6.07) is 23.5. The first kappa shape index (κ1) is 23.7. The number of carbonyl (C=O) groups is 3. The maximum Gasteiger partial charge on any atom is 0.261 e. The SMILES string of the molecule is COc1ccc(CN2C(=O)c3ccc(C(=O)N(Cc4ccccn4)c4ccccc4O)cc3C2=O)cc1. The molecule has 4 aromatic rings. The number of carbonyl (C=O) groups excluding carboxylic acids is 3. The van der Waals surface area contributed by atoms with Crippen LogP contribution in [-0.4, -0.2) is 39.8 Å². The summed E-state index contributed by atoms with van der Waals surface area (Å²) in [5.74, 6) is -0.715. The molecule has 0 aliphatic carbocycles. The lowest BCUT2D eigenvalue weighted by atomic mass is 10.0. The van der Waals surface area contributed by atoms with Gasteiger partial charge in [0.05, 0.1) is 42.7 Å². The van der Waals surface area contributed by atoms with Gasteiger partial charge in [0.25, 0.3) is 17.7 Å². The van der Waals surface area contributed by atoms with Gasteiger partial charge < -0.3 is 9.84 Å². The van der Waals surface area contributed by atoms with E-state index in [1.807, 2.05) is 6.07 Å². The molecule has 0 saturated carbocycles. The van der Waals surface area contributed by atoms with Crippen molar-refractivity contribution >= 4 is 23.4 Å². The van der Waals surface area contributed by atoms with E-state index in [2.05, 4.69) is 4.98 Å². The number of methoxy groups -OCH3 is 1. The maximum atomic E-state index is 13.7. The highest BCUT2D eigenvalue weighted by Crippen LogP contribution is 2.31. The van der Waals surface area contributed by atoms with Crippen LogP contribution in [0.4, 0.5) is 5.69 Å². The first-order valence-electron chi connectivity index (χ1n) is 11.6. The summed E-state index contributed by atoms with van der Waals surface area (Å²) in [6.07, 6.45) is 1.62. The average Bonchev–Trinajstić information content (AvgIpc) is 3.17. The molecule has 1 aliphatic rings. The van der Waals surface area contributed by atoms with Crippen molar-refractivity contribution in [1.82, 2.24) is 9.88 Å². The average molecular weight is 494 g/mol. The van der Waals surface area contributed by atoms with Gasteiger partial charge in [-0.2, -0.15) is 0 Å². The van der Waals surface area contributed by atoms with E-state index in [1.165, 1.54) is 29.2 Å². The molecule has 0 atom stereocenters. The number of pyridine rings is 1. The summed E-state index contributed by atoms with van der Waals surface area (Å²) in [6.45, 7) is 0.202. The van der Waals surface area contributed by atoms with Crippen LogP contribution in [0.15, 0.2) is 91.1 Å². The topological polar surface area (TPSA) is 100 Å². The minimum Gasteiger partial charge on any atom is -0.506 e.